The van der Waals surface area contributed by atoms with Gasteiger partial charge in [-0.05, 0) is 43.8 Å². The SMILES string of the molecule is CNCc1ccc(S(=O)(=O)Nc2ccc(C)c(F)c2)s1. The van der Waals surface area contributed by atoms with E-state index in [0.29, 0.717) is 12.1 Å². The molecule has 108 valence electrons. The Labute approximate surface area is 121 Å². The fourth-order valence-electron chi connectivity index (χ4n) is 1.63. The van der Waals surface area contributed by atoms with Crippen LogP contribution in [0.4, 0.5) is 10.1 Å². The minimum Gasteiger partial charge on any atom is -0.315 e. The largest absolute Gasteiger partial charge is 0.315 e. The summed E-state index contributed by atoms with van der Waals surface area (Å²) < 4.78 is 40.4. The van der Waals surface area contributed by atoms with Crippen LogP contribution in [0.3, 0.4) is 0 Å². The van der Waals surface area contributed by atoms with Crippen LogP contribution in [0.5, 0.6) is 0 Å². The quantitative estimate of drug-likeness (QED) is 0.892. The van der Waals surface area contributed by atoms with E-state index in [-0.39, 0.29) is 9.90 Å². The highest BCUT2D eigenvalue weighted by atomic mass is 32.2. The summed E-state index contributed by atoms with van der Waals surface area (Å²) in [6.07, 6.45) is 0. The Balaban J connectivity index is 2.23. The molecule has 0 amide bonds. The van der Waals surface area contributed by atoms with E-state index in [0.717, 1.165) is 4.88 Å². The molecule has 2 N–H and O–H groups in total. The van der Waals surface area contributed by atoms with E-state index in [1.165, 1.54) is 29.5 Å². The Morgan fingerprint density at radius 2 is 2.00 bits per heavy atom. The van der Waals surface area contributed by atoms with Crippen molar-refractivity contribution in [2.75, 3.05) is 11.8 Å². The second kappa shape index (κ2) is 5.90. The number of benzene rings is 1. The van der Waals surface area contributed by atoms with Gasteiger partial charge in [0.2, 0.25) is 0 Å². The van der Waals surface area contributed by atoms with Crippen molar-refractivity contribution in [3.8, 4) is 0 Å². The van der Waals surface area contributed by atoms with Crippen molar-refractivity contribution in [2.45, 2.75) is 17.7 Å². The predicted molar refractivity (Wildman–Crippen MR) is 79.0 cm³/mol. The Morgan fingerprint density at radius 3 is 2.65 bits per heavy atom. The third-order valence-corrected chi connectivity index (χ3v) is 5.64. The maximum Gasteiger partial charge on any atom is 0.271 e. The normalized spacial score (nSPS) is 11.6. The first kappa shape index (κ1) is 15.0. The minimum atomic E-state index is -3.67. The van der Waals surface area contributed by atoms with Gasteiger partial charge >= 0.3 is 0 Å². The van der Waals surface area contributed by atoms with Gasteiger partial charge in [0.25, 0.3) is 10.0 Å². The molecule has 0 aliphatic rings. The lowest BCUT2D eigenvalue weighted by Gasteiger charge is -2.07. The lowest BCUT2D eigenvalue weighted by molar-refractivity contribution is 0.603. The number of anilines is 1. The molecule has 1 aromatic carbocycles. The number of rotatable bonds is 5. The van der Waals surface area contributed by atoms with Crippen LogP contribution in [-0.4, -0.2) is 15.5 Å². The van der Waals surface area contributed by atoms with Crippen LogP contribution < -0.4 is 10.0 Å². The number of hydrogen-bond acceptors (Lipinski definition) is 4. The maximum absolute atomic E-state index is 13.4. The van der Waals surface area contributed by atoms with E-state index in [4.69, 9.17) is 0 Å². The van der Waals surface area contributed by atoms with Crippen LogP contribution >= 0.6 is 11.3 Å². The summed E-state index contributed by atoms with van der Waals surface area (Å²) in [6, 6.07) is 7.55. The van der Waals surface area contributed by atoms with Crippen LogP contribution in [0.2, 0.25) is 0 Å². The van der Waals surface area contributed by atoms with Crippen molar-refractivity contribution in [3.63, 3.8) is 0 Å². The van der Waals surface area contributed by atoms with Gasteiger partial charge in [-0.3, -0.25) is 4.72 Å². The molecule has 1 aromatic heterocycles. The molecule has 0 radical (unpaired) electrons. The molecule has 4 nitrogen and oxygen atoms in total. The molecule has 7 heteroatoms. The Bertz CT molecular complexity index is 711. The first-order chi connectivity index (χ1) is 9.42. The Morgan fingerprint density at radius 1 is 1.25 bits per heavy atom. The van der Waals surface area contributed by atoms with Gasteiger partial charge in [0, 0.05) is 11.4 Å². The van der Waals surface area contributed by atoms with Gasteiger partial charge in [-0.2, -0.15) is 0 Å². The molecule has 1 heterocycles. The van der Waals surface area contributed by atoms with Gasteiger partial charge in [0.1, 0.15) is 10.0 Å². The molecule has 0 saturated heterocycles. The summed E-state index contributed by atoms with van der Waals surface area (Å²) in [4.78, 5) is 0.919. The monoisotopic (exact) mass is 314 g/mol. The summed E-state index contributed by atoms with van der Waals surface area (Å²) in [5.41, 5.74) is 0.692. The zero-order chi connectivity index (χ0) is 14.8. The van der Waals surface area contributed by atoms with E-state index >= 15 is 0 Å². The molecule has 0 spiro atoms. The van der Waals surface area contributed by atoms with Crippen molar-refractivity contribution in [1.82, 2.24) is 5.32 Å². The van der Waals surface area contributed by atoms with Crippen LogP contribution in [0, 0.1) is 12.7 Å². The van der Waals surface area contributed by atoms with Gasteiger partial charge in [0.15, 0.2) is 0 Å². The molecule has 0 bridgehead atoms. The van der Waals surface area contributed by atoms with Crippen molar-refractivity contribution < 1.29 is 12.8 Å². The summed E-state index contributed by atoms with van der Waals surface area (Å²) in [7, 11) is -1.87. The van der Waals surface area contributed by atoms with Gasteiger partial charge in [-0.25, -0.2) is 12.8 Å². The topological polar surface area (TPSA) is 58.2 Å². The zero-order valence-corrected chi connectivity index (χ0v) is 12.7. The molecule has 0 atom stereocenters. The van der Waals surface area contributed by atoms with Gasteiger partial charge in [-0.1, -0.05) is 6.07 Å². The highest BCUT2D eigenvalue weighted by Crippen LogP contribution is 2.24. The molecular formula is C13H15FN2O2S2. The molecule has 20 heavy (non-hydrogen) atoms. The standard InChI is InChI=1S/C13H15FN2O2S2/c1-9-3-4-10(7-12(9)14)16-20(17,18)13-6-5-11(19-13)8-15-2/h3-7,15-16H,8H2,1-2H3. The minimum absolute atomic E-state index is 0.212. The van der Waals surface area contributed by atoms with E-state index in [1.54, 1.807) is 26.1 Å². The highest BCUT2D eigenvalue weighted by Gasteiger charge is 2.17. The lowest BCUT2D eigenvalue weighted by Crippen LogP contribution is -2.11. The molecule has 0 saturated carbocycles. The summed E-state index contributed by atoms with van der Waals surface area (Å²) in [6.45, 7) is 2.23. The number of sulfonamides is 1. The first-order valence-corrected chi connectivity index (χ1v) is 8.24. The fourth-order valence-corrected chi connectivity index (χ4v) is 4.05. The highest BCUT2D eigenvalue weighted by molar-refractivity contribution is 7.94. The van der Waals surface area contributed by atoms with Crippen LogP contribution in [-0.2, 0) is 16.6 Å². The van der Waals surface area contributed by atoms with Crippen molar-refractivity contribution in [1.29, 1.82) is 0 Å². The Hall–Kier alpha value is -1.44. The van der Waals surface area contributed by atoms with E-state index in [2.05, 4.69) is 10.0 Å². The predicted octanol–water partition coefficient (Wildman–Crippen LogP) is 2.72. The average Bonchev–Trinajstić information content (AvgIpc) is 2.83. The third-order valence-electron chi connectivity index (χ3n) is 2.68. The number of hydrogen-bond donors (Lipinski definition) is 2. The van der Waals surface area contributed by atoms with Crippen molar-refractivity contribution in [3.05, 3.63) is 46.6 Å². The number of halogens is 1. The van der Waals surface area contributed by atoms with Gasteiger partial charge in [0.05, 0.1) is 5.69 Å². The molecule has 2 rings (SSSR count). The smallest absolute Gasteiger partial charge is 0.271 e. The maximum atomic E-state index is 13.4. The molecule has 0 unspecified atom stereocenters. The second-order valence-electron chi connectivity index (χ2n) is 4.32. The second-order valence-corrected chi connectivity index (χ2v) is 7.40. The number of aryl methyl sites for hydroxylation is 1. The number of thiophene rings is 1. The van der Waals surface area contributed by atoms with Crippen LogP contribution in [0.15, 0.2) is 34.5 Å². The van der Waals surface area contributed by atoms with Gasteiger partial charge in [-0.15, -0.1) is 11.3 Å². The van der Waals surface area contributed by atoms with Crippen molar-refractivity contribution in [2.24, 2.45) is 0 Å². The van der Waals surface area contributed by atoms with E-state index in [1.807, 2.05) is 0 Å². The van der Waals surface area contributed by atoms with Crippen LogP contribution in [0.1, 0.15) is 10.4 Å². The van der Waals surface area contributed by atoms with Gasteiger partial charge < -0.3 is 5.32 Å². The summed E-state index contributed by atoms with van der Waals surface area (Å²) in [5, 5.41) is 2.96. The Kier molecular flexibility index (Phi) is 4.42. The third kappa shape index (κ3) is 3.36. The molecule has 0 aliphatic heterocycles. The summed E-state index contributed by atoms with van der Waals surface area (Å²) >= 11 is 1.18. The lowest BCUT2D eigenvalue weighted by atomic mass is 10.2. The molecule has 2 aromatic rings. The average molecular weight is 314 g/mol. The molecule has 0 fully saturated rings. The molecule has 0 aliphatic carbocycles. The summed E-state index contributed by atoms with van der Waals surface area (Å²) in [5.74, 6) is -0.438. The first-order valence-electron chi connectivity index (χ1n) is 5.94. The van der Waals surface area contributed by atoms with E-state index < -0.39 is 15.8 Å². The van der Waals surface area contributed by atoms with E-state index in [9.17, 15) is 12.8 Å². The molecular weight excluding hydrogens is 299 g/mol. The van der Waals surface area contributed by atoms with Crippen molar-refractivity contribution >= 4 is 27.0 Å². The number of nitrogens with one attached hydrogen (secondary N) is 2. The van der Waals surface area contributed by atoms with Crippen LogP contribution in [0.25, 0.3) is 0 Å². The zero-order valence-electron chi connectivity index (χ0n) is 11.1. The fraction of sp³-hybridized carbons (Fsp3) is 0.231.